The molecule has 0 aliphatic rings. The summed E-state index contributed by atoms with van der Waals surface area (Å²) in [5, 5.41) is 0. The van der Waals surface area contributed by atoms with Gasteiger partial charge in [-0.3, -0.25) is 0 Å². The Morgan fingerprint density at radius 1 is 0.714 bits per heavy atom. The van der Waals surface area contributed by atoms with Gasteiger partial charge in [-0.15, -0.1) is 0 Å². The first-order valence-electron chi connectivity index (χ1n) is 7.33. The van der Waals surface area contributed by atoms with Gasteiger partial charge in [-0.1, -0.05) is 12.5 Å². The summed E-state index contributed by atoms with van der Waals surface area (Å²) >= 11 is 0. The summed E-state index contributed by atoms with van der Waals surface area (Å²) in [5.74, 6) is 3.06. The van der Waals surface area contributed by atoms with Gasteiger partial charge in [0.1, 0.15) is 0 Å². The molecule has 0 spiro atoms. The molecule has 0 bridgehead atoms. The van der Waals surface area contributed by atoms with E-state index in [2.05, 4.69) is 77.0 Å². The fourth-order valence-corrected chi connectivity index (χ4v) is 13.8. The summed E-state index contributed by atoms with van der Waals surface area (Å²) in [5.41, 5.74) is 4.04. The van der Waals surface area contributed by atoms with Crippen LogP contribution in [0, 0.1) is 11.5 Å². The van der Waals surface area contributed by atoms with Crippen LogP contribution in [0.3, 0.4) is 0 Å². The van der Waals surface area contributed by atoms with Crippen LogP contribution in [0.1, 0.15) is 6.92 Å². The lowest BCUT2D eigenvalue weighted by Gasteiger charge is -2.39. The molecule has 0 aromatic heterocycles. The third-order valence-electron chi connectivity index (χ3n) is 1.75. The van der Waals surface area contributed by atoms with Gasteiger partial charge in [0.15, 0.2) is 25.0 Å². The molecular formula is C14H32O3Si4. The third-order valence-corrected chi connectivity index (χ3v) is 12.8. The highest BCUT2D eigenvalue weighted by atomic mass is 28.5. The fourth-order valence-electron chi connectivity index (χ4n) is 1.53. The second-order valence-corrected chi connectivity index (χ2v) is 24.7. The first-order valence-corrected chi connectivity index (χ1v) is 19.3. The molecule has 0 saturated heterocycles. The quantitative estimate of drug-likeness (QED) is 0.512. The number of hydrogen-bond donors (Lipinski definition) is 0. The van der Waals surface area contributed by atoms with Crippen molar-refractivity contribution in [1.82, 2.24) is 0 Å². The van der Waals surface area contributed by atoms with Gasteiger partial charge in [-0.25, -0.2) is 0 Å². The van der Waals surface area contributed by atoms with Gasteiger partial charge in [-0.05, 0) is 77.0 Å². The predicted octanol–water partition coefficient (Wildman–Crippen LogP) is 4.60. The fraction of sp³-hybridized carbons (Fsp3) is 0.714. The third kappa shape index (κ3) is 11.3. The molecule has 0 N–H and O–H groups in total. The number of hydrogen-bond acceptors (Lipinski definition) is 3. The molecule has 7 heteroatoms. The van der Waals surface area contributed by atoms with E-state index < -0.39 is 33.8 Å². The van der Waals surface area contributed by atoms with Crippen LogP contribution in [0.5, 0.6) is 0 Å². The van der Waals surface area contributed by atoms with E-state index in [-0.39, 0.29) is 0 Å². The Bertz CT molecular complexity index is 390. The molecule has 0 heterocycles. The molecule has 0 aliphatic heterocycles. The van der Waals surface area contributed by atoms with Gasteiger partial charge in [0.25, 0.3) is 0 Å². The van der Waals surface area contributed by atoms with E-state index in [1.54, 1.807) is 0 Å². The van der Waals surface area contributed by atoms with Crippen molar-refractivity contribution in [3.05, 3.63) is 12.2 Å². The smallest absolute Gasteiger partial charge is 0.408 e. The zero-order chi connectivity index (χ0) is 17.1. The van der Waals surface area contributed by atoms with E-state index in [1.165, 1.54) is 0 Å². The lowest BCUT2D eigenvalue weighted by atomic mass is 10.4. The van der Waals surface area contributed by atoms with E-state index in [0.717, 1.165) is 5.57 Å². The molecule has 0 saturated carbocycles. The highest BCUT2D eigenvalue weighted by Gasteiger charge is 2.49. The van der Waals surface area contributed by atoms with Crippen LogP contribution in [0.15, 0.2) is 12.2 Å². The minimum absolute atomic E-state index is 0.810. The van der Waals surface area contributed by atoms with Gasteiger partial charge in [-0.2, -0.15) is 0 Å². The van der Waals surface area contributed by atoms with Crippen LogP contribution >= 0.6 is 0 Å². The molecule has 122 valence electrons. The molecule has 0 aliphatic carbocycles. The van der Waals surface area contributed by atoms with Crippen molar-refractivity contribution in [2.24, 2.45) is 0 Å². The second kappa shape index (κ2) is 7.08. The molecule has 0 aromatic carbocycles. The Labute approximate surface area is 135 Å². The van der Waals surface area contributed by atoms with Crippen molar-refractivity contribution in [2.45, 2.75) is 65.8 Å². The molecule has 21 heavy (non-hydrogen) atoms. The maximum Gasteiger partial charge on any atom is 0.560 e. The lowest BCUT2D eigenvalue weighted by Crippen LogP contribution is -2.60. The van der Waals surface area contributed by atoms with Crippen LogP contribution < -0.4 is 0 Å². The van der Waals surface area contributed by atoms with Crippen molar-refractivity contribution >= 4 is 33.8 Å². The van der Waals surface area contributed by atoms with Crippen molar-refractivity contribution in [3.63, 3.8) is 0 Å². The van der Waals surface area contributed by atoms with Gasteiger partial charge >= 0.3 is 8.80 Å². The number of allylic oxidation sites excluding steroid dienone is 1. The SMILES string of the molecule is C=C(C)C#C[Si](O[Si](C)(C)C)(O[Si](C)(C)C)O[Si](C)(C)C. The Morgan fingerprint density at radius 2 is 1.00 bits per heavy atom. The van der Waals surface area contributed by atoms with Gasteiger partial charge in [0.05, 0.1) is 0 Å². The Hall–Kier alpha value is 0.0475. The molecule has 0 amide bonds. The largest absolute Gasteiger partial charge is 0.560 e. The van der Waals surface area contributed by atoms with Crippen molar-refractivity contribution in [3.8, 4) is 11.5 Å². The molecule has 3 nitrogen and oxygen atoms in total. The Morgan fingerprint density at radius 3 is 1.19 bits per heavy atom. The molecular weight excluding hydrogens is 328 g/mol. The topological polar surface area (TPSA) is 27.7 Å². The van der Waals surface area contributed by atoms with Crippen LogP contribution in [-0.4, -0.2) is 33.8 Å². The summed E-state index contributed by atoms with van der Waals surface area (Å²) < 4.78 is 19.2. The molecule has 0 rings (SSSR count). The Balaban J connectivity index is 5.83. The average Bonchev–Trinajstić information content (AvgIpc) is 2.05. The highest BCUT2D eigenvalue weighted by molar-refractivity contribution is 6.93. The first-order chi connectivity index (χ1) is 9.04. The van der Waals surface area contributed by atoms with Crippen molar-refractivity contribution < 1.29 is 12.3 Å². The van der Waals surface area contributed by atoms with Crippen molar-refractivity contribution in [1.29, 1.82) is 0 Å². The van der Waals surface area contributed by atoms with Gasteiger partial charge < -0.3 is 12.3 Å². The van der Waals surface area contributed by atoms with Crippen LogP contribution in [0.2, 0.25) is 58.9 Å². The maximum absolute atomic E-state index is 6.42. The summed E-state index contributed by atoms with van der Waals surface area (Å²) in [4.78, 5) is 0. The second-order valence-electron chi connectivity index (χ2n) is 8.23. The number of rotatable bonds is 6. The predicted molar refractivity (Wildman–Crippen MR) is 102 cm³/mol. The highest BCUT2D eigenvalue weighted by Crippen LogP contribution is 2.25. The molecule has 0 fully saturated rings. The molecule has 0 aromatic rings. The van der Waals surface area contributed by atoms with Crippen molar-refractivity contribution in [2.75, 3.05) is 0 Å². The van der Waals surface area contributed by atoms with Crippen LogP contribution in [-0.2, 0) is 12.3 Å². The monoisotopic (exact) mass is 360 g/mol. The molecule has 0 radical (unpaired) electrons. The van der Waals surface area contributed by atoms with E-state index in [1.807, 2.05) is 6.92 Å². The standard InChI is InChI=1S/C14H32O3Si4/c1-14(2)12-13-21(15-18(3,4)5,16-19(6,7)8)17-20(9,10)11/h1H2,2-11H3. The van der Waals surface area contributed by atoms with E-state index in [0.29, 0.717) is 0 Å². The normalized spacial score (nSPS) is 13.6. The van der Waals surface area contributed by atoms with Gasteiger partial charge in [0.2, 0.25) is 0 Å². The van der Waals surface area contributed by atoms with Crippen LogP contribution in [0.4, 0.5) is 0 Å². The Kier molecular flexibility index (Phi) is 7.10. The first kappa shape index (κ1) is 21.0. The van der Waals surface area contributed by atoms with E-state index in [9.17, 15) is 0 Å². The van der Waals surface area contributed by atoms with Gasteiger partial charge in [0, 0.05) is 0 Å². The lowest BCUT2D eigenvalue weighted by molar-refractivity contribution is 0.275. The average molecular weight is 361 g/mol. The van der Waals surface area contributed by atoms with E-state index >= 15 is 0 Å². The summed E-state index contributed by atoms with van der Waals surface area (Å²) in [7, 11) is -8.52. The van der Waals surface area contributed by atoms with Crippen LogP contribution in [0.25, 0.3) is 0 Å². The molecule has 0 unspecified atom stereocenters. The minimum atomic E-state index is -3.00. The summed E-state index contributed by atoms with van der Waals surface area (Å²) in [6.45, 7) is 25.1. The van der Waals surface area contributed by atoms with E-state index in [4.69, 9.17) is 12.3 Å². The summed E-state index contributed by atoms with van der Waals surface area (Å²) in [6.07, 6.45) is 0. The minimum Gasteiger partial charge on any atom is -0.408 e. The molecule has 0 atom stereocenters. The zero-order valence-electron chi connectivity index (χ0n) is 15.4. The maximum atomic E-state index is 6.42. The zero-order valence-corrected chi connectivity index (χ0v) is 19.4. The summed E-state index contributed by atoms with van der Waals surface area (Å²) in [6, 6.07) is 0.